The first-order valence-electron chi connectivity index (χ1n) is 44.3. The SMILES string of the molecule is CC[C@H](C)[C@H](NC(=O)[C@H](CO)CC(=O)[C@H](Cc1ccc(O)cc1)NC(=O)[C@H](CC(=O)O)CC(=O)[C@H](CO)NC(=O)[C@@H](CC(=O)[C@H](Cc1ccccc1)NC(=O)[C@@H](CC(=O)CNC(=O)[C@H](CCC(=O)O)CC(=O)[C@H](C)NC(=O)CCN1CCCCC1=O)[C@@H](C)O)[C@@H](C)O)C(=O)C[C@@H](Cc1ccc(O)cc1)C(=O)N[C@@H](CC(C)C)C(=O)C[C@@H](CC(=O)O)C(=O)N[C@H](C)CCCCN. The average molecular weight is 1830 g/mol. The van der Waals surface area contributed by atoms with Crippen molar-refractivity contribution >= 4 is 112 Å². The van der Waals surface area contributed by atoms with Gasteiger partial charge in [0.25, 0.3) is 0 Å². The third kappa shape index (κ3) is 39.8. The standard InChI is InChI=1S/C92H132N10O28/c1-9-52(4)85(79(115)42-61(36-58-21-26-65(107)27-22-58)88(126)97-70(35-51(2)3)75(111)40-62(44-83(120)121)87(125)95-53(5)17-13-15-32-93)101-90(128)64(49-103)43-76(112)71(38-59-23-28-66(108)29-24-59)98-89(127)63(45-84(122)123)41-77(113)73(50-104)100-92(130)69(56(8)106)47-78(114)72(37-57-18-11-10-12-19-57)99-91(129)68(55(7)105)46-67(109)48-94-86(124)60(25-30-82(118)119)39-74(110)54(6)96-80(116)31-34-102-33-16-14-20-81(102)117/h10-12,18-19,21-24,26-29,51-56,60-64,68-73,85,103-108H,9,13-17,20,25,30-50,93H2,1-8H3,(H,94,124)(H,95,125)(H,96,116)(H,97,126)(H,98,127)(H,99,129)(H,100,130)(H,101,128)(H,118,119)(H,120,121)(H,122,123)/t52-,53+,54-,55+,56+,60+,61+,62-,63-,64-,68-,69-,70-,71-,72-,73-,85-/m0/s1. The number of aliphatic hydroxyl groups excluding tert-OH is 4. The van der Waals surface area contributed by atoms with Crippen LogP contribution >= 0.6 is 0 Å². The van der Waals surface area contributed by atoms with Crippen LogP contribution in [0.2, 0.25) is 0 Å². The molecule has 0 aliphatic carbocycles. The zero-order chi connectivity index (χ0) is 97.2. The van der Waals surface area contributed by atoms with Crippen LogP contribution in [0.4, 0.5) is 0 Å². The molecule has 0 spiro atoms. The maximum atomic E-state index is 14.8. The number of aliphatic hydroxyl groups is 4. The zero-order valence-electron chi connectivity index (χ0n) is 75.2. The Hall–Kier alpha value is -11.6. The van der Waals surface area contributed by atoms with Gasteiger partial charge in [0.15, 0.2) is 40.5 Å². The largest absolute Gasteiger partial charge is 0.508 e. The summed E-state index contributed by atoms with van der Waals surface area (Å²) < 4.78 is 0. The van der Waals surface area contributed by atoms with Crippen molar-refractivity contribution in [2.45, 2.75) is 258 Å². The van der Waals surface area contributed by atoms with E-state index in [0.29, 0.717) is 49.9 Å². The van der Waals surface area contributed by atoms with Gasteiger partial charge in [0.2, 0.25) is 53.2 Å². The summed E-state index contributed by atoms with van der Waals surface area (Å²) in [6, 6.07) is 9.27. The van der Waals surface area contributed by atoms with Gasteiger partial charge in [-0.15, -0.1) is 0 Å². The quantitative estimate of drug-likeness (QED) is 0.0359. The number of hydrogen-bond acceptors (Lipinski definition) is 26. The third-order valence-corrected chi connectivity index (χ3v) is 23.0. The smallest absolute Gasteiger partial charge is 0.304 e. The van der Waals surface area contributed by atoms with E-state index in [1.807, 2.05) is 0 Å². The van der Waals surface area contributed by atoms with Crippen LogP contribution in [0.3, 0.4) is 0 Å². The molecule has 1 heterocycles. The predicted molar refractivity (Wildman–Crippen MR) is 469 cm³/mol. The molecule has 4 rings (SSSR count). The van der Waals surface area contributed by atoms with Gasteiger partial charge in [-0.3, -0.25) is 91.1 Å². The van der Waals surface area contributed by atoms with Crippen LogP contribution in [0.15, 0.2) is 78.9 Å². The lowest BCUT2D eigenvalue weighted by molar-refractivity contribution is -0.143. The van der Waals surface area contributed by atoms with E-state index in [9.17, 15) is 137 Å². The number of carbonyl (C=O) groups is 19. The summed E-state index contributed by atoms with van der Waals surface area (Å²) in [6.45, 7) is 10.1. The van der Waals surface area contributed by atoms with Crippen molar-refractivity contribution in [1.29, 1.82) is 0 Å². The number of amides is 9. The van der Waals surface area contributed by atoms with Gasteiger partial charge in [0, 0.05) is 95.2 Å². The van der Waals surface area contributed by atoms with Gasteiger partial charge in [-0.25, -0.2) is 0 Å². The van der Waals surface area contributed by atoms with Crippen LogP contribution < -0.4 is 48.3 Å². The number of aliphatic carboxylic acids is 3. The molecule has 1 aliphatic heterocycles. The number of ketones is 7. The number of piperidine rings is 1. The summed E-state index contributed by atoms with van der Waals surface area (Å²) in [7, 11) is 0. The Morgan fingerprint density at radius 3 is 1.42 bits per heavy atom. The van der Waals surface area contributed by atoms with Crippen molar-refractivity contribution in [3.63, 3.8) is 0 Å². The summed E-state index contributed by atoms with van der Waals surface area (Å²) in [5.74, 6) is -30.4. The summed E-state index contributed by atoms with van der Waals surface area (Å²) >= 11 is 0. The zero-order valence-corrected chi connectivity index (χ0v) is 75.2. The molecular weight excluding hydrogens is 1690 g/mol. The van der Waals surface area contributed by atoms with Crippen LogP contribution in [-0.4, -0.2) is 256 Å². The summed E-state index contributed by atoms with van der Waals surface area (Å²) in [6.07, 6.45) is -8.59. The van der Waals surface area contributed by atoms with Crippen LogP contribution in [0, 0.1) is 53.3 Å². The molecule has 38 nitrogen and oxygen atoms in total. The summed E-state index contributed by atoms with van der Waals surface area (Å²) in [4.78, 5) is 262. The van der Waals surface area contributed by atoms with Gasteiger partial charge in [-0.1, -0.05) is 95.1 Å². The maximum Gasteiger partial charge on any atom is 0.304 e. The Labute approximate surface area is 755 Å². The predicted octanol–water partition coefficient (Wildman–Crippen LogP) is 1.89. The average Bonchev–Trinajstić information content (AvgIpc) is 0.841. The van der Waals surface area contributed by atoms with Gasteiger partial charge in [0.05, 0.1) is 105 Å². The minimum Gasteiger partial charge on any atom is -0.508 e. The van der Waals surface area contributed by atoms with E-state index in [0.717, 1.165) is 26.7 Å². The molecule has 38 heteroatoms. The molecule has 9 amide bonds. The molecule has 718 valence electrons. The Kier molecular flexibility index (Phi) is 48.3. The number of phenols is 2. The molecule has 1 aliphatic rings. The monoisotopic (exact) mass is 1820 g/mol. The van der Waals surface area contributed by atoms with Gasteiger partial charge in [0.1, 0.15) is 17.5 Å². The molecule has 0 bridgehead atoms. The molecular formula is C92H132N10O28. The molecule has 130 heavy (non-hydrogen) atoms. The lowest BCUT2D eigenvalue weighted by Gasteiger charge is -2.28. The summed E-state index contributed by atoms with van der Waals surface area (Å²) in [5, 5.41) is 114. The second kappa shape index (κ2) is 56.8. The van der Waals surface area contributed by atoms with Crippen LogP contribution in [0.25, 0.3) is 0 Å². The van der Waals surface area contributed by atoms with Gasteiger partial charge >= 0.3 is 17.9 Å². The van der Waals surface area contributed by atoms with Gasteiger partial charge in [-0.05, 0) is 145 Å². The number of nitrogens with one attached hydrogen (secondary N) is 8. The Morgan fingerprint density at radius 1 is 0.438 bits per heavy atom. The molecule has 3 aromatic rings. The fourth-order valence-electron chi connectivity index (χ4n) is 15.0. The Balaban J connectivity index is 1.54. The van der Waals surface area contributed by atoms with E-state index in [-0.39, 0.29) is 80.0 Å². The van der Waals surface area contributed by atoms with Crippen molar-refractivity contribution in [3.05, 3.63) is 95.6 Å². The maximum absolute atomic E-state index is 14.8. The number of likely N-dealkylation sites (tertiary alicyclic amines) is 1. The number of carboxylic acid groups (broad SMARTS) is 3. The van der Waals surface area contributed by atoms with E-state index in [1.54, 1.807) is 69.9 Å². The molecule has 0 unspecified atom stereocenters. The molecule has 19 N–H and O–H groups in total. The minimum atomic E-state index is -1.99. The van der Waals surface area contributed by atoms with Crippen molar-refractivity contribution in [3.8, 4) is 11.5 Å². The highest BCUT2D eigenvalue weighted by Gasteiger charge is 2.41. The van der Waals surface area contributed by atoms with Gasteiger partial charge < -0.3 is 99.1 Å². The number of carbonyl (C=O) groups excluding carboxylic acids is 16. The lowest BCUT2D eigenvalue weighted by atomic mass is 9.85. The number of unbranched alkanes of at least 4 members (excludes halogenated alkanes) is 1. The molecule has 0 aromatic heterocycles. The summed E-state index contributed by atoms with van der Waals surface area (Å²) in [5.41, 5.74) is 6.77. The van der Waals surface area contributed by atoms with E-state index in [2.05, 4.69) is 42.5 Å². The number of carboxylic acids is 3. The number of Topliss-reactive ketones (excluding diaryl/α,β-unsaturated/α-hetero) is 7. The topological polar surface area (TPSA) is 632 Å². The number of aromatic hydroxyl groups is 2. The first-order valence-corrected chi connectivity index (χ1v) is 44.3. The first kappa shape index (κ1) is 111. The van der Waals surface area contributed by atoms with Crippen molar-refractivity contribution in [2.24, 2.45) is 59.0 Å². The van der Waals surface area contributed by atoms with Crippen molar-refractivity contribution < 1.29 is 137 Å². The highest BCUT2D eigenvalue weighted by molar-refractivity contribution is 6.01. The number of nitrogens with zero attached hydrogens (tertiary/aromatic N) is 1. The third-order valence-electron chi connectivity index (χ3n) is 23.0. The Bertz CT molecular complexity index is 4330. The lowest BCUT2D eigenvalue weighted by Crippen LogP contribution is -2.52. The molecule has 1 fully saturated rings. The molecule has 0 saturated carbocycles. The second-order valence-corrected chi connectivity index (χ2v) is 34.4. The number of nitrogens with two attached hydrogens (primary N) is 1. The molecule has 3 aromatic carbocycles. The fourth-order valence-corrected chi connectivity index (χ4v) is 15.0. The second-order valence-electron chi connectivity index (χ2n) is 34.4. The van der Waals surface area contributed by atoms with Gasteiger partial charge in [-0.2, -0.15) is 0 Å². The van der Waals surface area contributed by atoms with Crippen LogP contribution in [-0.2, 0) is 110 Å². The number of benzene rings is 3. The normalized spacial score (nSPS) is 16.0. The number of phenolic OH excluding ortho intramolecular Hbond substituents is 2. The first-order chi connectivity index (χ1) is 61.4. The number of hydrogen-bond donors (Lipinski definition) is 18. The highest BCUT2D eigenvalue weighted by atomic mass is 16.4. The van der Waals surface area contributed by atoms with E-state index in [1.165, 1.54) is 55.5 Å². The number of rotatable bonds is 64. The van der Waals surface area contributed by atoms with E-state index in [4.69, 9.17) is 5.73 Å². The minimum absolute atomic E-state index is 0.0251. The van der Waals surface area contributed by atoms with E-state index >= 15 is 0 Å². The molecule has 0 radical (unpaired) electrons. The molecule has 17 atom stereocenters. The Morgan fingerprint density at radius 2 is 0.908 bits per heavy atom. The van der Waals surface area contributed by atoms with Crippen molar-refractivity contribution in [1.82, 2.24) is 47.4 Å². The highest BCUT2D eigenvalue weighted by Crippen LogP contribution is 2.27. The van der Waals surface area contributed by atoms with E-state index < -0.39 is 292 Å². The van der Waals surface area contributed by atoms with Crippen molar-refractivity contribution in [2.75, 3.05) is 39.4 Å². The molecule has 1 saturated heterocycles. The fraction of sp³-hybridized carbons (Fsp3) is 0.598. The van der Waals surface area contributed by atoms with Crippen LogP contribution in [0.1, 0.15) is 200 Å². The van der Waals surface area contributed by atoms with Crippen LogP contribution in [0.5, 0.6) is 11.5 Å².